The molecule has 2 N–H and O–H groups in total. The van der Waals surface area contributed by atoms with Gasteiger partial charge in [0, 0.05) is 6.42 Å². The number of hydrogen-bond donors (Lipinski definition) is 1. The van der Waals surface area contributed by atoms with Gasteiger partial charge in [-0.05, 0) is 24.1 Å². The molecule has 2 rings (SSSR count). The van der Waals surface area contributed by atoms with Crippen LogP contribution in [0.3, 0.4) is 0 Å². The predicted molar refractivity (Wildman–Crippen MR) is 67.4 cm³/mol. The van der Waals surface area contributed by atoms with Crippen molar-refractivity contribution in [2.45, 2.75) is 32.4 Å². The lowest BCUT2D eigenvalue weighted by molar-refractivity contribution is -0.0498. The zero-order valence-corrected chi connectivity index (χ0v) is 10.9. The van der Waals surface area contributed by atoms with E-state index in [9.17, 15) is 8.78 Å². The van der Waals surface area contributed by atoms with E-state index in [0.717, 1.165) is 6.42 Å². The molecular weight excluding hydrogens is 268 g/mol. The zero-order chi connectivity index (χ0) is 14.5. The van der Waals surface area contributed by atoms with Crippen LogP contribution in [0, 0.1) is 0 Å². The van der Waals surface area contributed by atoms with Gasteiger partial charge in [-0.25, -0.2) is 0 Å². The van der Waals surface area contributed by atoms with Crippen LogP contribution in [0.4, 0.5) is 8.78 Å². The number of nitrogens with two attached hydrogens (primary N) is 1. The number of aromatic nitrogens is 2. The third-order valence-electron chi connectivity index (χ3n) is 2.69. The van der Waals surface area contributed by atoms with Crippen molar-refractivity contribution in [2.75, 3.05) is 0 Å². The van der Waals surface area contributed by atoms with Crippen LogP contribution in [0.25, 0.3) is 0 Å². The molecule has 2 aromatic rings. The first-order chi connectivity index (χ1) is 9.60. The second-order valence-electron chi connectivity index (χ2n) is 4.22. The summed E-state index contributed by atoms with van der Waals surface area (Å²) in [5, 5.41) is 3.82. The third kappa shape index (κ3) is 3.51. The molecule has 5 nitrogen and oxygen atoms in total. The van der Waals surface area contributed by atoms with Crippen molar-refractivity contribution in [1.29, 1.82) is 0 Å². The van der Waals surface area contributed by atoms with E-state index < -0.39 is 12.7 Å². The molecule has 0 aliphatic carbocycles. The Labute approximate surface area is 114 Å². The minimum absolute atomic E-state index is 0.0794. The highest BCUT2D eigenvalue weighted by molar-refractivity contribution is 5.31. The third-order valence-corrected chi connectivity index (χ3v) is 2.69. The summed E-state index contributed by atoms with van der Waals surface area (Å²) in [5.41, 5.74) is 6.69. The monoisotopic (exact) mass is 283 g/mol. The molecular formula is C13H15F2N3O2. The summed E-state index contributed by atoms with van der Waals surface area (Å²) in [5.74, 6) is 0.988. The number of rotatable bonds is 6. The van der Waals surface area contributed by atoms with E-state index in [4.69, 9.17) is 10.3 Å². The average molecular weight is 283 g/mol. The van der Waals surface area contributed by atoms with Crippen LogP contribution in [-0.4, -0.2) is 16.8 Å². The first-order valence-corrected chi connectivity index (χ1v) is 6.23. The lowest BCUT2D eigenvalue weighted by Crippen LogP contribution is -2.13. The van der Waals surface area contributed by atoms with Crippen molar-refractivity contribution in [3.63, 3.8) is 0 Å². The molecule has 0 spiro atoms. The minimum Gasteiger partial charge on any atom is -0.435 e. The number of ether oxygens (including phenoxy) is 1. The van der Waals surface area contributed by atoms with E-state index >= 15 is 0 Å². The molecule has 20 heavy (non-hydrogen) atoms. The Morgan fingerprint density at radius 2 is 2.00 bits per heavy atom. The molecule has 0 aliphatic heterocycles. The zero-order valence-electron chi connectivity index (χ0n) is 10.9. The topological polar surface area (TPSA) is 74.2 Å². The first-order valence-electron chi connectivity index (χ1n) is 6.23. The maximum absolute atomic E-state index is 12.0. The number of aryl methyl sites for hydroxylation is 1. The number of benzene rings is 1. The van der Waals surface area contributed by atoms with E-state index in [0.29, 0.717) is 23.7 Å². The Bertz CT molecular complexity index is 543. The maximum Gasteiger partial charge on any atom is 0.387 e. The van der Waals surface area contributed by atoms with Crippen LogP contribution in [0.5, 0.6) is 5.75 Å². The van der Waals surface area contributed by atoms with Gasteiger partial charge in [-0.1, -0.05) is 24.2 Å². The molecule has 1 heterocycles. The molecule has 0 amide bonds. The SMILES string of the molecule is CCCc1nc(C(N)c2ccc(OC(F)F)cc2)no1. The van der Waals surface area contributed by atoms with Crippen molar-refractivity contribution in [2.24, 2.45) is 5.73 Å². The van der Waals surface area contributed by atoms with Crippen molar-refractivity contribution < 1.29 is 18.0 Å². The molecule has 108 valence electrons. The molecule has 0 saturated heterocycles. The first kappa shape index (κ1) is 14.4. The Balaban J connectivity index is 2.09. The maximum atomic E-state index is 12.0. The van der Waals surface area contributed by atoms with E-state index in [-0.39, 0.29) is 5.75 Å². The summed E-state index contributed by atoms with van der Waals surface area (Å²) in [4.78, 5) is 4.19. The van der Waals surface area contributed by atoms with E-state index in [1.807, 2.05) is 6.92 Å². The van der Waals surface area contributed by atoms with Crippen LogP contribution >= 0.6 is 0 Å². The van der Waals surface area contributed by atoms with Gasteiger partial charge in [-0.15, -0.1) is 0 Å². The van der Waals surface area contributed by atoms with Gasteiger partial charge in [0.2, 0.25) is 5.89 Å². The highest BCUT2D eigenvalue weighted by atomic mass is 19.3. The standard InChI is InChI=1S/C13H15F2N3O2/c1-2-3-10-17-12(18-20-10)11(16)8-4-6-9(7-5-8)19-13(14)15/h4-7,11,13H,2-3,16H2,1H3. The molecule has 0 aliphatic rings. The molecule has 0 bridgehead atoms. The summed E-state index contributed by atoms with van der Waals surface area (Å²) < 4.78 is 33.4. The number of hydrogen-bond acceptors (Lipinski definition) is 5. The summed E-state index contributed by atoms with van der Waals surface area (Å²) >= 11 is 0. The number of nitrogens with zero attached hydrogens (tertiary/aromatic N) is 2. The molecule has 1 atom stereocenters. The van der Waals surface area contributed by atoms with Crippen LogP contribution < -0.4 is 10.5 Å². The summed E-state index contributed by atoms with van der Waals surface area (Å²) in [6.45, 7) is -0.839. The fourth-order valence-electron chi connectivity index (χ4n) is 1.72. The predicted octanol–water partition coefficient (Wildman–Crippen LogP) is 2.67. The Morgan fingerprint density at radius 1 is 1.30 bits per heavy atom. The summed E-state index contributed by atoms with van der Waals surface area (Å²) in [7, 11) is 0. The van der Waals surface area contributed by atoms with Gasteiger partial charge >= 0.3 is 6.61 Å². The van der Waals surface area contributed by atoms with Crippen molar-refractivity contribution in [1.82, 2.24) is 10.1 Å². The molecule has 0 saturated carbocycles. The van der Waals surface area contributed by atoms with Gasteiger partial charge in [0.25, 0.3) is 0 Å². The average Bonchev–Trinajstić information content (AvgIpc) is 2.87. The van der Waals surface area contributed by atoms with Gasteiger partial charge in [0.05, 0.1) is 6.04 Å². The number of alkyl halides is 2. The Hall–Kier alpha value is -2.02. The summed E-state index contributed by atoms with van der Waals surface area (Å²) in [6.07, 6.45) is 1.59. The lowest BCUT2D eigenvalue weighted by Gasteiger charge is -2.09. The van der Waals surface area contributed by atoms with Crippen LogP contribution in [-0.2, 0) is 6.42 Å². The summed E-state index contributed by atoms with van der Waals surface area (Å²) in [6, 6.07) is 5.48. The molecule has 1 unspecified atom stereocenters. The molecule has 0 radical (unpaired) electrons. The van der Waals surface area contributed by atoms with Crippen LogP contribution in [0.1, 0.15) is 36.7 Å². The quantitative estimate of drug-likeness (QED) is 0.882. The van der Waals surface area contributed by atoms with Gasteiger partial charge in [-0.3, -0.25) is 0 Å². The fourth-order valence-corrected chi connectivity index (χ4v) is 1.72. The second-order valence-corrected chi connectivity index (χ2v) is 4.22. The van der Waals surface area contributed by atoms with Crippen molar-refractivity contribution in [3.8, 4) is 5.75 Å². The van der Waals surface area contributed by atoms with Gasteiger partial charge in [0.1, 0.15) is 5.75 Å². The Kier molecular flexibility index (Phi) is 4.62. The smallest absolute Gasteiger partial charge is 0.387 e. The molecule has 7 heteroatoms. The molecule has 1 aromatic heterocycles. The van der Waals surface area contributed by atoms with Crippen LogP contribution in [0.15, 0.2) is 28.8 Å². The van der Waals surface area contributed by atoms with Gasteiger partial charge in [0.15, 0.2) is 5.82 Å². The van der Waals surface area contributed by atoms with Crippen molar-refractivity contribution in [3.05, 3.63) is 41.5 Å². The fraction of sp³-hybridized carbons (Fsp3) is 0.385. The largest absolute Gasteiger partial charge is 0.435 e. The molecule has 1 aromatic carbocycles. The second kappa shape index (κ2) is 6.42. The van der Waals surface area contributed by atoms with Crippen molar-refractivity contribution >= 4 is 0 Å². The van der Waals surface area contributed by atoms with Crippen LogP contribution in [0.2, 0.25) is 0 Å². The Morgan fingerprint density at radius 3 is 2.60 bits per heavy atom. The number of halogens is 2. The van der Waals surface area contributed by atoms with E-state index in [1.165, 1.54) is 12.1 Å². The van der Waals surface area contributed by atoms with Gasteiger partial charge in [-0.2, -0.15) is 13.8 Å². The molecule has 0 fully saturated rings. The van der Waals surface area contributed by atoms with E-state index in [1.54, 1.807) is 12.1 Å². The minimum atomic E-state index is -2.84. The van der Waals surface area contributed by atoms with E-state index in [2.05, 4.69) is 14.9 Å². The highest BCUT2D eigenvalue weighted by Gasteiger charge is 2.16. The van der Waals surface area contributed by atoms with Gasteiger partial charge < -0.3 is 15.0 Å². The highest BCUT2D eigenvalue weighted by Crippen LogP contribution is 2.21. The lowest BCUT2D eigenvalue weighted by atomic mass is 10.1. The normalized spacial score (nSPS) is 12.7.